The van der Waals surface area contributed by atoms with Gasteiger partial charge in [0.2, 0.25) is 0 Å². The second kappa shape index (κ2) is 6.94. The summed E-state index contributed by atoms with van der Waals surface area (Å²) in [6.45, 7) is 2.11. The number of ketones is 1. The van der Waals surface area contributed by atoms with Crippen molar-refractivity contribution in [2.75, 3.05) is 13.7 Å². The van der Waals surface area contributed by atoms with Gasteiger partial charge in [-0.1, -0.05) is 5.21 Å². The van der Waals surface area contributed by atoms with Gasteiger partial charge < -0.3 is 9.47 Å². The van der Waals surface area contributed by atoms with E-state index in [4.69, 9.17) is 0 Å². The zero-order valence-electron chi connectivity index (χ0n) is 11.9. The Labute approximate surface area is 129 Å². The van der Waals surface area contributed by atoms with E-state index in [1.54, 1.807) is 19.1 Å². The summed E-state index contributed by atoms with van der Waals surface area (Å²) in [7, 11) is 1.26. The van der Waals surface area contributed by atoms with Crippen LogP contribution in [0.5, 0.6) is 0 Å². The molecule has 0 aliphatic heterocycles. The molecule has 2 aromatic heterocycles. The smallest absolute Gasteiger partial charge is 0.380 e. The quantitative estimate of drug-likeness (QED) is 0.442. The molecule has 0 aliphatic carbocycles. The van der Waals surface area contributed by atoms with Crippen LogP contribution in [0.15, 0.2) is 18.3 Å². The summed E-state index contributed by atoms with van der Waals surface area (Å²) in [4.78, 5) is 35.5. The van der Waals surface area contributed by atoms with Crippen molar-refractivity contribution in [3.8, 4) is 0 Å². The Morgan fingerprint density at radius 1 is 1.32 bits per heavy atom. The third-order valence-corrected chi connectivity index (χ3v) is 3.67. The fourth-order valence-electron chi connectivity index (χ4n) is 1.62. The molecule has 0 saturated heterocycles. The average Bonchev–Trinajstić information content (AvgIpc) is 3.16. The maximum absolute atomic E-state index is 11.8. The van der Waals surface area contributed by atoms with Crippen molar-refractivity contribution in [1.82, 2.24) is 15.0 Å². The van der Waals surface area contributed by atoms with Crippen LogP contribution in [0.4, 0.5) is 0 Å². The van der Waals surface area contributed by atoms with Crippen LogP contribution in [-0.4, -0.2) is 46.4 Å². The standard InChI is InChI=1S/C13H13N3O5S/c1-3-21-13(19)11(17)10-5-4-8(22-10)6-16-7-9(14-15-16)12(18)20-2/h4-5,7H,3,6H2,1-2H3. The first-order valence-corrected chi connectivity index (χ1v) is 7.15. The van der Waals surface area contributed by atoms with E-state index in [9.17, 15) is 14.4 Å². The van der Waals surface area contributed by atoms with Gasteiger partial charge in [-0.2, -0.15) is 0 Å². The van der Waals surface area contributed by atoms with E-state index in [0.29, 0.717) is 11.4 Å². The van der Waals surface area contributed by atoms with Crippen LogP contribution in [0.3, 0.4) is 0 Å². The number of esters is 2. The van der Waals surface area contributed by atoms with Gasteiger partial charge in [-0.05, 0) is 19.1 Å². The third kappa shape index (κ3) is 3.55. The highest BCUT2D eigenvalue weighted by Gasteiger charge is 2.19. The molecule has 0 N–H and O–H groups in total. The fourth-order valence-corrected chi connectivity index (χ4v) is 2.54. The Morgan fingerprint density at radius 2 is 2.09 bits per heavy atom. The maximum atomic E-state index is 11.8. The molecule has 0 bridgehead atoms. The Morgan fingerprint density at radius 3 is 2.77 bits per heavy atom. The predicted octanol–water partition coefficient (Wildman–Crippen LogP) is 0.920. The molecule has 0 fully saturated rings. The Bertz CT molecular complexity index is 706. The number of hydrogen-bond acceptors (Lipinski definition) is 8. The summed E-state index contributed by atoms with van der Waals surface area (Å²) >= 11 is 1.16. The van der Waals surface area contributed by atoms with E-state index in [1.807, 2.05) is 0 Å². The molecule has 0 aliphatic rings. The van der Waals surface area contributed by atoms with E-state index in [0.717, 1.165) is 16.2 Å². The SMILES string of the molecule is CCOC(=O)C(=O)c1ccc(Cn2cc(C(=O)OC)nn2)s1. The van der Waals surface area contributed by atoms with Gasteiger partial charge in [0.1, 0.15) is 0 Å². The van der Waals surface area contributed by atoms with Gasteiger partial charge in [-0.15, -0.1) is 16.4 Å². The number of rotatable bonds is 6. The molecule has 0 unspecified atom stereocenters. The molecular formula is C13H13N3O5S. The van der Waals surface area contributed by atoms with Gasteiger partial charge in [0, 0.05) is 4.88 Å². The lowest BCUT2D eigenvalue weighted by molar-refractivity contribution is -0.137. The minimum Gasteiger partial charge on any atom is -0.464 e. The van der Waals surface area contributed by atoms with Crippen LogP contribution >= 0.6 is 11.3 Å². The summed E-state index contributed by atoms with van der Waals surface area (Å²) < 4.78 is 10.6. The van der Waals surface area contributed by atoms with Crippen molar-refractivity contribution in [2.24, 2.45) is 0 Å². The van der Waals surface area contributed by atoms with E-state index >= 15 is 0 Å². The summed E-state index contributed by atoms with van der Waals surface area (Å²) in [5.41, 5.74) is 0.0990. The Balaban J connectivity index is 2.06. The van der Waals surface area contributed by atoms with E-state index in [2.05, 4.69) is 19.8 Å². The average molecular weight is 323 g/mol. The zero-order valence-corrected chi connectivity index (χ0v) is 12.8. The lowest BCUT2D eigenvalue weighted by atomic mass is 10.3. The highest BCUT2D eigenvalue weighted by molar-refractivity contribution is 7.14. The van der Waals surface area contributed by atoms with Gasteiger partial charge in [-0.3, -0.25) is 4.79 Å². The molecule has 0 amide bonds. The fraction of sp³-hybridized carbons (Fsp3) is 0.308. The number of hydrogen-bond donors (Lipinski definition) is 0. The van der Waals surface area contributed by atoms with Crippen LogP contribution in [0.2, 0.25) is 0 Å². The number of nitrogens with zero attached hydrogens (tertiary/aromatic N) is 3. The molecule has 8 nitrogen and oxygen atoms in total. The molecule has 0 saturated carbocycles. The summed E-state index contributed by atoms with van der Waals surface area (Å²) in [5.74, 6) is -2.12. The normalized spacial score (nSPS) is 10.3. The summed E-state index contributed by atoms with van der Waals surface area (Å²) in [5, 5.41) is 7.47. The predicted molar refractivity (Wildman–Crippen MR) is 75.7 cm³/mol. The van der Waals surface area contributed by atoms with Crippen molar-refractivity contribution < 1.29 is 23.9 Å². The number of ether oxygens (including phenoxy) is 2. The molecule has 2 aromatic rings. The number of carbonyl (C=O) groups is 3. The van der Waals surface area contributed by atoms with E-state index in [-0.39, 0.29) is 12.3 Å². The summed E-state index contributed by atoms with van der Waals surface area (Å²) in [6, 6.07) is 3.26. The van der Waals surface area contributed by atoms with Crippen molar-refractivity contribution in [1.29, 1.82) is 0 Å². The van der Waals surface area contributed by atoms with Crippen molar-refractivity contribution in [3.63, 3.8) is 0 Å². The molecule has 2 heterocycles. The molecule has 2 rings (SSSR count). The molecule has 116 valence electrons. The van der Waals surface area contributed by atoms with Gasteiger partial charge >= 0.3 is 11.9 Å². The Hall–Kier alpha value is -2.55. The van der Waals surface area contributed by atoms with Gasteiger partial charge in [0.15, 0.2) is 5.69 Å². The second-order valence-electron chi connectivity index (χ2n) is 4.11. The molecule has 9 heteroatoms. The molecule has 22 heavy (non-hydrogen) atoms. The molecule has 0 radical (unpaired) electrons. The molecule has 0 aromatic carbocycles. The third-order valence-electron chi connectivity index (χ3n) is 2.60. The maximum Gasteiger partial charge on any atom is 0.380 e. The highest BCUT2D eigenvalue weighted by Crippen LogP contribution is 2.18. The number of carbonyl (C=O) groups excluding carboxylic acids is 3. The van der Waals surface area contributed by atoms with Crippen LogP contribution < -0.4 is 0 Å². The first kappa shape index (κ1) is 15.8. The minimum absolute atomic E-state index is 0.0990. The monoisotopic (exact) mass is 323 g/mol. The minimum atomic E-state index is -0.871. The summed E-state index contributed by atoms with van der Waals surface area (Å²) in [6.07, 6.45) is 1.44. The molecular weight excluding hydrogens is 310 g/mol. The van der Waals surface area contributed by atoms with E-state index in [1.165, 1.54) is 18.0 Å². The number of methoxy groups -OCH3 is 1. The Kier molecular flexibility index (Phi) is 4.99. The zero-order chi connectivity index (χ0) is 16.1. The topological polar surface area (TPSA) is 100 Å². The van der Waals surface area contributed by atoms with Crippen LogP contribution in [0, 0.1) is 0 Å². The van der Waals surface area contributed by atoms with Gasteiger partial charge in [0.05, 0.1) is 31.3 Å². The number of aromatic nitrogens is 3. The van der Waals surface area contributed by atoms with Crippen LogP contribution in [0.25, 0.3) is 0 Å². The van der Waals surface area contributed by atoms with Gasteiger partial charge in [-0.25, -0.2) is 14.3 Å². The largest absolute Gasteiger partial charge is 0.464 e. The van der Waals surface area contributed by atoms with E-state index < -0.39 is 17.7 Å². The molecule has 0 spiro atoms. The van der Waals surface area contributed by atoms with Crippen LogP contribution in [0.1, 0.15) is 32.0 Å². The number of thiophene rings is 1. The van der Waals surface area contributed by atoms with Crippen molar-refractivity contribution >= 4 is 29.1 Å². The van der Waals surface area contributed by atoms with Crippen LogP contribution in [-0.2, 0) is 20.8 Å². The molecule has 0 atom stereocenters. The highest BCUT2D eigenvalue weighted by atomic mass is 32.1. The van der Waals surface area contributed by atoms with Gasteiger partial charge in [0.25, 0.3) is 5.78 Å². The first-order valence-electron chi connectivity index (χ1n) is 6.33. The first-order chi connectivity index (χ1) is 10.5. The lowest BCUT2D eigenvalue weighted by Gasteiger charge is -1.98. The van der Waals surface area contributed by atoms with Crippen molar-refractivity contribution in [3.05, 3.63) is 33.8 Å². The lowest BCUT2D eigenvalue weighted by Crippen LogP contribution is -2.16. The number of Topliss-reactive ketones (excluding diaryl/α,β-unsaturated/α-hetero) is 1. The van der Waals surface area contributed by atoms with Crippen molar-refractivity contribution in [2.45, 2.75) is 13.5 Å². The second-order valence-corrected chi connectivity index (χ2v) is 5.28.